The van der Waals surface area contributed by atoms with Crippen LogP contribution in [0.15, 0.2) is 10.5 Å². The second kappa shape index (κ2) is 4.53. The molecule has 0 bridgehead atoms. The highest BCUT2D eigenvalue weighted by Crippen LogP contribution is 2.23. The van der Waals surface area contributed by atoms with Gasteiger partial charge in [-0.3, -0.25) is 10.1 Å². The lowest BCUT2D eigenvalue weighted by molar-refractivity contribution is -0.128. The Labute approximate surface area is 102 Å². The van der Waals surface area contributed by atoms with E-state index >= 15 is 0 Å². The third-order valence-corrected chi connectivity index (χ3v) is 3.42. The fourth-order valence-electron chi connectivity index (χ4n) is 2.45. The standard InChI is InChI=1S/C13H20N2O2/c1-8-7-11(10(3)17-8)9(2)14-12-5-6-15(4)13(12)16/h7,9,12,14H,5-6H2,1-4H3. The molecule has 4 heteroatoms. The van der Waals surface area contributed by atoms with Crippen molar-refractivity contribution in [3.05, 3.63) is 23.2 Å². The summed E-state index contributed by atoms with van der Waals surface area (Å²) < 4.78 is 5.51. The zero-order valence-electron chi connectivity index (χ0n) is 10.9. The van der Waals surface area contributed by atoms with E-state index < -0.39 is 0 Å². The predicted molar refractivity (Wildman–Crippen MR) is 65.8 cm³/mol. The number of rotatable bonds is 3. The Morgan fingerprint density at radius 2 is 2.24 bits per heavy atom. The van der Waals surface area contributed by atoms with E-state index in [1.54, 1.807) is 4.90 Å². The van der Waals surface area contributed by atoms with Crippen LogP contribution in [0.2, 0.25) is 0 Å². The van der Waals surface area contributed by atoms with E-state index in [0.717, 1.165) is 30.0 Å². The number of hydrogen-bond donors (Lipinski definition) is 1. The molecule has 1 aliphatic heterocycles. The third kappa shape index (κ3) is 2.36. The fourth-order valence-corrected chi connectivity index (χ4v) is 2.45. The molecular formula is C13H20N2O2. The van der Waals surface area contributed by atoms with Crippen LogP contribution in [-0.4, -0.2) is 30.4 Å². The van der Waals surface area contributed by atoms with Crippen LogP contribution in [0, 0.1) is 13.8 Å². The van der Waals surface area contributed by atoms with Gasteiger partial charge in [-0.1, -0.05) is 0 Å². The molecule has 1 aromatic heterocycles. The fraction of sp³-hybridized carbons (Fsp3) is 0.615. The number of furan rings is 1. The van der Waals surface area contributed by atoms with Crippen molar-refractivity contribution in [2.45, 2.75) is 39.3 Å². The lowest BCUT2D eigenvalue weighted by Gasteiger charge is -2.18. The van der Waals surface area contributed by atoms with Crippen LogP contribution < -0.4 is 5.32 Å². The van der Waals surface area contributed by atoms with Gasteiger partial charge in [-0.25, -0.2) is 0 Å². The van der Waals surface area contributed by atoms with E-state index in [1.807, 2.05) is 27.0 Å². The summed E-state index contributed by atoms with van der Waals surface area (Å²) in [6.07, 6.45) is 0.884. The van der Waals surface area contributed by atoms with Crippen molar-refractivity contribution in [1.82, 2.24) is 10.2 Å². The normalized spacial score (nSPS) is 22.2. The van der Waals surface area contributed by atoms with Crippen molar-refractivity contribution in [2.75, 3.05) is 13.6 Å². The first kappa shape index (κ1) is 12.2. The van der Waals surface area contributed by atoms with Gasteiger partial charge in [0.25, 0.3) is 0 Å². The maximum Gasteiger partial charge on any atom is 0.239 e. The minimum atomic E-state index is -0.0513. The topological polar surface area (TPSA) is 45.5 Å². The molecule has 1 aromatic rings. The Balaban J connectivity index is 2.05. The van der Waals surface area contributed by atoms with E-state index in [2.05, 4.69) is 12.2 Å². The molecule has 17 heavy (non-hydrogen) atoms. The summed E-state index contributed by atoms with van der Waals surface area (Å²) in [5.41, 5.74) is 1.14. The molecule has 2 heterocycles. The largest absolute Gasteiger partial charge is 0.466 e. The number of carbonyl (C=O) groups is 1. The zero-order chi connectivity index (χ0) is 12.6. The molecular weight excluding hydrogens is 216 g/mol. The Hall–Kier alpha value is -1.29. The summed E-state index contributed by atoms with van der Waals surface area (Å²) in [7, 11) is 1.85. The van der Waals surface area contributed by atoms with Crippen LogP contribution in [0.1, 0.15) is 36.5 Å². The maximum absolute atomic E-state index is 11.8. The number of aryl methyl sites for hydroxylation is 2. The van der Waals surface area contributed by atoms with Gasteiger partial charge in [0.1, 0.15) is 11.5 Å². The smallest absolute Gasteiger partial charge is 0.239 e. The molecule has 0 aliphatic carbocycles. The number of hydrogen-bond acceptors (Lipinski definition) is 3. The third-order valence-electron chi connectivity index (χ3n) is 3.42. The monoisotopic (exact) mass is 236 g/mol. The van der Waals surface area contributed by atoms with Crippen LogP contribution in [-0.2, 0) is 4.79 Å². The Morgan fingerprint density at radius 3 is 2.71 bits per heavy atom. The zero-order valence-corrected chi connectivity index (χ0v) is 10.9. The molecule has 0 radical (unpaired) electrons. The first-order valence-corrected chi connectivity index (χ1v) is 6.07. The quantitative estimate of drug-likeness (QED) is 0.870. The van der Waals surface area contributed by atoms with Gasteiger partial charge in [-0.15, -0.1) is 0 Å². The molecule has 1 aliphatic rings. The van der Waals surface area contributed by atoms with Crippen LogP contribution in [0.25, 0.3) is 0 Å². The number of likely N-dealkylation sites (N-methyl/N-ethyl adjacent to an activating group) is 1. The summed E-state index contributed by atoms with van der Waals surface area (Å²) >= 11 is 0. The molecule has 2 unspecified atom stereocenters. The number of carbonyl (C=O) groups excluding carboxylic acids is 1. The van der Waals surface area contributed by atoms with Crippen LogP contribution in [0.4, 0.5) is 0 Å². The van der Waals surface area contributed by atoms with Crippen molar-refractivity contribution < 1.29 is 9.21 Å². The molecule has 2 atom stereocenters. The lowest BCUT2D eigenvalue weighted by Crippen LogP contribution is -2.38. The lowest BCUT2D eigenvalue weighted by atomic mass is 10.1. The molecule has 0 aromatic carbocycles. The average Bonchev–Trinajstić information content (AvgIpc) is 2.75. The Morgan fingerprint density at radius 1 is 1.53 bits per heavy atom. The molecule has 4 nitrogen and oxygen atoms in total. The summed E-state index contributed by atoms with van der Waals surface area (Å²) in [6, 6.07) is 2.13. The van der Waals surface area contributed by atoms with Crippen molar-refractivity contribution in [2.24, 2.45) is 0 Å². The average molecular weight is 236 g/mol. The second-order valence-electron chi connectivity index (χ2n) is 4.86. The van der Waals surface area contributed by atoms with Crippen LogP contribution in [0.3, 0.4) is 0 Å². The number of nitrogens with zero attached hydrogens (tertiary/aromatic N) is 1. The van der Waals surface area contributed by atoms with Gasteiger partial charge in [0.2, 0.25) is 5.91 Å². The number of nitrogens with one attached hydrogen (secondary N) is 1. The molecule has 0 spiro atoms. The van der Waals surface area contributed by atoms with Gasteiger partial charge in [0, 0.05) is 25.2 Å². The summed E-state index contributed by atoms with van der Waals surface area (Å²) in [5, 5.41) is 3.38. The molecule has 0 saturated carbocycles. The minimum absolute atomic E-state index is 0.0513. The highest BCUT2D eigenvalue weighted by Gasteiger charge is 2.30. The van der Waals surface area contributed by atoms with Gasteiger partial charge < -0.3 is 9.32 Å². The van der Waals surface area contributed by atoms with Gasteiger partial charge in [-0.2, -0.15) is 0 Å². The second-order valence-corrected chi connectivity index (χ2v) is 4.86. The van der Waals surface area contributed by atoms with Gasteiger partial charge >= 0.3 is 0 Å². The van der Waals surface area contributed by atoms with Gasteiger partial charge in [-0.05, 0) is 33.3 Å². The molecule has 1 N–H and O–H groups in total. The van der Waals surface area contributed by atoms with Crippen molar-refractivity contribution in [3.63, 3.8) is 0 Å². The molecule has 2 rings (SSSR count). The molecule has 1 fully saturated rings. The molecule has 1 amide bonds. The summed E-state index contributed by atoms with van der Waals surface area (Å²) in [6.45, 7) is 6.82. The maximum atomic E-state index is 11.8. The van der Waals surface area contributed by atoms with E-state index in [-0.39, 0.29) is 18.0 Å². The van der Waals surface area contributed by atoms with Gasteiger partial charge in [0.15, 0.2) is 0 Å². The molecule has 94 valence electrons. The molecule has 1 saturated heterocycles. The van der Waals surface area contributed by atoms with Crippen LogP contribution >= 0.6 is 0 Å². The van der Waals surface area contributed by atoms with Crippen molar-refractivity contribution >= 4 is 5.91 Å². The Kier molecular flexibility index (Phi) is 3.24. The van der Waals surface area contributed by atoms with Crippen molar-refractivity contribution in [3.8, 4) is 0 Å². The highest BCUT2D eigenvalue weighted by molar-refractivity contribution is 5.83. The van der Waals surface area contributed by atoms with Crippen LogP contribution in [0.5, 0.6) is 0 Å². The van der Waals surface area contributed by atoms with E-state index in [0.29, 0.717) is 0 Å². The first-order valence-electron chi connectivity index (χ1n) is 6.07. The first-order chi connectivity index (χ1) is 7.99. The number of amides is 1. The van der Waals surface area contributed by atoms with E-state index in [9.17, 15) is 4.79 Å². The van der Waals surface area contributed by atoms with E-state index in [4.69, 9.17) is 4.42 Å². The SMILES string of the molecule is Cc1cc(C(C)NC2CCN(C)C2=O)c(C)o1. The minimum Gasteiger partial charge on any atom is -0.466 e. The summed E-state index contributed by atoms with van der Waals surface area (Å²) in [4.78, 5) is 13.6. The predicted octanol–water partition coefficient (Wildman–Crippen LogP) is 1.78. The van der Waals surface area contributed by atoms with Crippen molar-refractivity contribution in [1.29, 1.82) is 0 Å². The highest BCUT2D eigenvalue weighted by atomic mass is 16.3. The summed E-state index contributed by atoms with van der Waals surface area (Å²) in [5.74, 6) is 2.04. The Bertz CT molecular complexity index is 425. The van der Waals surface area contributed by atoms with E-state index in [1.165, 1.54) is 0 Å². The van der Waals surface area contributed by atoms with Gasteiger partial charge in [0.05, 0.1) is 6.04 Å². The number of likely N-dealkylation sites (tertiary alicyclic amines) is 1.